The second-order valence-corrected chi connectivity index (χ2v) is 6.89. The van der Waals surface area contributed by atoms with Crippen molar-refractivity contribution < 1.29 is 35.5 Å². The molecule has 1 aliphatic rings. The number of benzene rings is 1. The van der Waals surface area contributed by atoms with Crippen LogP contribution in [0.2, 0.25) is 0 Å². The lowest BCUT2D eigenvalue weighted by molar-refractivity contribution is -0.275. The van der Waals surface area contributed by atoms with Crippen LogP contribution in [0.3, 0.4) is 0 Å². The van der Waals surface area contributed by atoms with Crippen LogP contribution in [0, 0.1) is 23.1 Å². The van der Waals surface area contributed by atoms with Crippen LogP contribution in [0.5, 0.6) is 5.75 Å². The smallest absolute Gasteiger partial charge is 0.403 e. The minimum absolute atomic E-state index is 0.171. The molecule has 140 valence electrons. The quantitative estimate of drug-likeness (QED) is 0.554. The summed E-state index contributed by atoms with van der Waals surface area (Å²) in [6.45, 7) is 3.46. The van der Waals surface area contributed by atoms with E-state index in [4.69, 9.17) is 11.6 Å². The zero-order valence-electron chi connectivity index (χ0n) is 13.1. The van der Waals surface area contributed by atoms with Crippen molar-refractivity contribution >= 4 is 11.6 Å². The van der Waals surface area contributed by atoms with Crippen molar-refractivity contribution in [3.8, 4) is 5.75 Å². The first-order valence-corrected chi connectivity index (χ1v) is 7.58. The van der Waals surface area contributed by atoms with Gasteiger partial charge in [0.05, 0.1) is 0 Å². The Balaban J connectivity index is 2.16. The van der Waals surface area contributed by atoms with Gasteiger partial charge < -0.3 is 4.74 Å². The van der Waals surface area contributed by atoms with Gasteiger partial charge in [0.25, 0.3) is 0 Å². The molecule has 0 aliphatic heterocycles. The monoisotopic (exact) mass is 390 g/mol. The number of halogens is 8. The van der Waals surface area contributed by atoms with Crippen LogP contribution in [-0.4, -0.2) is 12.5 Å². The number of alkyl halides is 6. The summed E-state index contributed by atoms with van der Waals surface area (Å²) >= 11 is 5.25. The third-order valence-corrected chi connectivity index (χ3v) is 4.75. The zero-order chi connectivity index (χ0) is 19.2. The number of rotatable bonds is 4. The lowest BCUT2D eigenvalue weighted by Crippen LogP contribution is -2.18. The van der Waals surface area contributed by atoms with Crippen LogP contribution in [0.15, 0.2) is 29.3 Å². The maximum absolute atomic E-state index is 13.4. The summed E-state index contributed by atoms with van der Waals surface area (Å²) in [5, 5.41) is -1.23. The minimum atomic E-state index is -5.04. The van der Waals surface area contributed by atoms with E-state index in [1.54, 1.807) is 13.8 Å². The van der Waals surface area contributed by atoms with Gasteiger partial charge in [-0.1, -0.05) is 37.6 Å². The lowest BCUT2D eigenvalue weighted by Gasteiger charge is -2.11. The summed E-state index contributed by atoms with van der Waals surface area (Å²) in [6.07, 6.45) is -8.59. The number of hydrogen-bond acceptors (Lipinski definition) is 1. The standard InChI is InChI=1S/C16H14ClF7O/c1-14(2)9(10(14)7-13(17)15(19,20)21)5-8-3-4-11(18)12(6-8)25-16(22,23)24/h3-4,6-7,9-10H,5H2,1-2H3. The summed E-state index contributed by atoms with van der Waals surface area (Å²) in [7, 11) is 0. The van der Waals surface area contributed by atoms with Crippen LogP contribution in [0.1, 0.15) is 19.4 Å². The summed E-state index contributed by atoms with van der Waals surface area (Å²) in [5.41, 5.74) is -0.178. The van der Waals surface area contributed by atoms with E-state index in [-0.39, 0.29) is 12.3 Å². The fourth-order valence-electron chi connectivity index (χ4n) is 2.89. The Morgan fingerprint density at radius 3 is 2.32 bits per heavy atom. The van der Waals surface area contributed by atoms with Crippen LogP contribution in [0.4, 0.5) is 30.7 Å². The van der Waals surface area contributed by atoms with Gasteiger partial charge in [-0.2, -0.15) is 13.2 Å². The molecule has 0 saturated heterocycles. The predicted molar refractivity (Wildman–Crippen MR) is 77.5 cm³/mol. The van der Waals surface area contributed by atoms with Gasteiger partial charge in [0, 0.05) is 0 Å². The van der Waals surface area contributed by atoms with Crippen LogP contribution in [-0.2, 0) is 6.42 Å². The van der Waals surface area contributed by atoms with E-state index in [9.17, 15) is 30.7 Å². The fraction of sp³-hybridized carbons (Fsp3) is 0.500. The van der Waals surface area contributed by atoms with Crippen molar-refractivity contribution in [3.05, 3.63) is 40.7 Å². The maximum Gasteiger partial charge on any atom is 0.573 e. The lowest BCUT2D eigenvalue weighted by atomic mass is 10.0. The molecule has 1 saturated carbocycles. The Bertz CT molecular complexity index is 676. The Hall–Kier alpha value is -1.44. The van der Waals surface area contributed by atoms with E-state index in [1.165, 1.54) is 6.07 Å². The summed E-state index contributed by atoms with van der Waals surface area (Å²) < 4.78 is 91.4. The molecule has 2 rings (SSSR count). The Morgan fingerprint density at radius 1 is 1.20 bits per heavy atom. The molecular formula is C16H14ClF7O. The van der Waals surface area contributed by atoms with Gasteiger partial charge in [-0.25, -0.2) is 4.39 Å². The molecule has 2 atom stereocenters. The van der Waals surface area contributed by atoms with Crippen LogP contribution in [0.25, 0.3) is 0 Å². The largest absolute Gasteiger partial charge is 0.573 e. The van der Waals surface area contributed by atoms with E-state index < -0.39 is 40.5 Å². The molecule has 0 bridgehead atoms. The Morgan fingerprint density at radius 2 is 1.80 bits per heavy atom. The van der Waals surface area contributed by atoms with Gasteiger partial charge in [-0.15, -0.1) is 13.2 Å². The normalized spacial score (nSPS) is 23.5. The molecule has 1 aromatic carbocycles. The third kappa shape index (κ3) is 4.80. The SMILES string of the molecule is CC1(C)C(C=C(Cl)C(F)(F)F)C1Cc1ccc(F)c(OC(F)(F)F)c1. The van der Waals surface area contributed by atoms with E-state index in [0.29, 0.717) is 5.56 Å². The molecule has 0 N–H and O–H groups in total. The molecule has 0 radical (unpaired) electrons. The first-order valence-electron chi connectivity index (χ1n) is 7.20. The van der Waals surface area contributed by atoms with Gasteiger partial charge >= 0.3 is 12.5 Å². The summed E-state index contributed by atoms with van der Waals surface area (Å²) in [6, 6.07) is 3.02. The summed E-state index contributed by atoms with van der Waals surface area (Å²) in [5.74, 6) is -2.90. The average molecular weight is 391 g/mol. The third-order valence-electron chi connectivity index (χ3n) is 4.41. The highest BCUT2D eigenvalue weighted by molar-refractivity contribution is 6.30. The minimum Gasteiger partial charge on any atom is -0.403 e. The van der Waals surface area contributed by atoms with Crippen LogP contribution < -0.4 is 4.74 Å². The topological polar surface area (TPSA) is 9.23 Å². The molecule has 1 nitrogen and oxygen atoms in total. The van der Waals surface area contributed by atoms with E-state index in [2.05, 4.69) is 4.74 Å². The number of allylic oxidation sites excluding steroid dienone is 2. The Kier molecular flexibility index (Phi) is 5.07. The highest BCUT2D eigenvalue weighted by atomic mass is 35.5. The Labute approximate surface area is 144 Å². The molecule has 25 heavy (non-hydrogen) atoms. The molecule has 1 aliphatic carbocycles. The van der Waals surface area contributed by atoms with Crippen LogP contribution >= 0.6 is 11.6 Å². The van der Waals surface area contributed by atoms with Gasteiger partial charge in [0.2, 0.25) is 0 Å². The van der Waals surface area contributed by atoms with Crippen molar-refractivity contribution in [1.82, 2.24) is 0 Å². The number of ether oxygens (including phenoxy) is 1. The molecular weight excluding hydrogens is 377 g/mol. The van der Waals surface area contributed by atoms with Crippen molar-refractivity contribution in [2.24, 2.45) is 17.3 Å². The fourth-order valence-corrected chi connectivity index (χ4v) is 3.03. The predicted octanol–water partition coefficient (Wildman–Crippen LogP) is 6.22. The van der Waals surface area contributed by atoms with Gasteiger partial charge in [0.15, 0.2) is 11.6 Å². The van der Waals surface area contributed by atoms with Gasteiger partial charge in [-0.05, 0) is 41.4 Å². The van der Waals surface area contributed by atoms with Gasteiger partial charge in [0.1, 0.15) is 5.03 Å². The zero-order valence-corrected chi connectivity index (χ0v) is 13.9. The van der Waals surface area contributed by atoms with E-state index >= 15 is 0 Å². The van der Waals surface area contributed by atoms with Gasteiger partial charge in [-0.3, -0.25) is 0 Å². The summed E-state index contributed by atoms with van der Waals surface area (Å²) in [4.78, 5) is 0. The molecule has 1 aromatic rings. The van der Waals surface area contributed by atoms with E-state index in [1.807, 2.05) is 0 Å². The molecule has 2 unspecified atom stereocenters. The maximum atomic E-state index is 13.4. The van der Waals surface area contributed by atoms with E-state index in [0.717, 1.165) is 18.2 Å². The molecule has 0 heterocycles. The average Bonchev–Trinajstić information content (AvgIpc) is 2.91. The second kappa shape index (κ2) is 6.37. The second-order valence-electron chi connectivity index (χ2n) is 6.48. The molecule has 0 aromatic heterocycles. The first-order chi connectivity index (χ1) is 11.2. The van der Waals surface area contributed by atoms with Crippen molar-refractivity contribution in [1.29, 1.82) is 0 Å². The first kappa shape index (κ1) is 19.9. The number of hydrogen-bond donors (Lipinski definition) is 0. The molecule has 0 amide bonds. The van der Waals surface area contributed by atoms with Crippen molar-refractivity contribution in [2.75, 3.05) is 0 Å². The van der Waals surface area contributed by atoms with Crippen molar-refractivity contribution in [3.63, 3.8) is 0 Å². The molecule has 1 fully saturated rings. The highest BCUT2D eigenvalue weighted by Gasteiger charge is 2.56. The molecule has 9 heteroatoms. The van der Waals surface area contributed by atoms with Crippen molar-refractivity contribution in [2.45, 2.75) is 32.8 Å². The highest BCUT2D eigenvalue weighted by Crippen LogP contribution is 2.61. The molecule has 0 spiro atoms.